The number of nitrogens with zero attached hydrogens (tertiary/aromatic N) is 1. The van der Waals surface area contributed by atoms with Crippen molar-refractivity contribution < 1.29 is 9.47 Å². The summed E-state index contributed by atoms with van der Waals surface area (Å²) in [5.41, 5.74) is 4.36. The lowest BCUT2D eigenvalue weighted by molar-refractivity contribution is 0.406. The van der Waals surface area contributed by atoms with Gasteiger partial charge in [-0.15, -0.1) is 0 Å². The third kappa shape index (κ3) is 3.73. The molecule has 4 nitrogen and oxygen atoms in total. The molecule has 1 heterocycles. The topological polar surface area (TPSA) is 43.4 Å². The fraction of sp³-hybridized carbons (Fsp3) is 0.353. The average molecular weight is 286 g/mol. The Labute approximate surface area is 126 Å². The number of methoxy groups -OCH3 is 2. The molecule has 0 unspecified atom stereocenters. The molecule has 0 amide bonds. The molecule has 0 spiro atoms. The summed E-state index contributed by atoms with van der Waals surface area (Å²) >= 11 is 0. The van der Waals surface area contributed by atoms with Gasteiger partial charge in [-0.3, -0.25) is 4.98 Å². The third-order valence-corrected chi connectivity index (χ3v) is 3.51. The highest BCUT2D eigenvalue weighted by molar-refractivity contribution is 5.41. The van der Waals surface area contributed by atoms with E-state index in [0.717, 1.165) is 34.9 Å². The van der Waals surface area contributed by atoms with E-state index in [0.29, 0.717) is 6.54 Å². The van der Waals surface area contributed by atoms with Gasteiger partial charge in [-0.1, -0.05) is 12.1 Å². The second-order valence-electron chi connectivity index (χ2n) is 5.00. The predicted octanol–water partition coefficient (Wildman–Crippen LogP) is 3.01. The van der Waals surface area contributed by atoms with Crippen LogP contribution < -0.4 is 14.8 Å². The third-order valence-electron chi connectivity index (χ3n) is 3.51. The maximum absolute atomic E-state index is 5.43. The molecule has 0 saturated carbocycles. The van der Waals surface area contributed by atoms with Crippen LogP contribution in [0.15, 0.2) is 30.5 Å². The highest BCUT2D eigenvalue weighted by atomic mass is 16.5. The normalized spacial score (nSPS) is 10.5. The maximum atomic E-state index is 5.43. The van der Waals surface area contributed by atoms with Crippen molar-refractivity contribution in [1.82, 2.24) is 10.3 Å². The van der Waals surface area contributed by atoms with E-state index in [9.17, 15) is 0 Å². The van der Waals surface area contributed by atoms with E-state index in [2.05, 4.69) is 16.4 Å². The first-order valence-electron chi connectivity index (χ1n) is 6.98. The van der Waals surface area contributed by atoms with Crippen molar-refractivity contribution in [2.75, 3.05) is 14.2 Å². The fourth-order valence-corrected chi connectivity index (χ4v) is 2.36. The lowest BCUT2D eigenvalue weighted by atomic mass is 10.1. The van der Waals surface area contributed by atoms with Crippen molar-refractivity contribution in [3.8, 4) is 11.5 Å². The first-order chi connectivity index (χ1) is 10.2. The number of hydrogen-bond acceptors (Lipinski definition) is 4. The molecule has 1 N–H and O–H groups in total. The number of pyridine rings is 1. The molecule has 0 atom stereocenters. The first kappa shape index (κ1) is 15.3. The van der Waals surface area contributed by atoms with Crippen LogP contribution in [0.5, 0.6) is 11.5 Å². The van der Waals surface area contributed by atoms with Gasteiger partial charge in [0.05, 0.1) is 19.9 Å². The average Bonchev–Trinajstić information content (AvgIpc) is 2.50. The van der Waals surface area contributed by atoms with E-state index < -0.39 is 0 Å². The van der Waals surface area contributed by atoms with Crippen LogP contribution in [0.3, 0.4) is 0 Å². The van der Waals surface area contributed by atoms with Gasteiger partial charge in [-0.2, -0.15) is 0 Å². The van der Waals surface area contributed by atoms with Crippen LogP contribution in [0.25, 0.3) is 0 Å². The summed E-state index contributed by atoms with van der Waals surface area (Å²) in [4.78, 5) is 4.48. The van der Waals surface area contributed by atoms with Crippen molar-refractivity contribution in [1.29, 1.82) is 0 Å². The molecule has 0 radical (unpaired) electrons. The number of ether oxygens (including phenoxy) is 2. The quantitative estimate of drug-likeness (QED) is 0.886. The number of hydrogen-bond donors (Lipinski definition) is 1. The standard InChI is InChI=1S/C17H22N2O2/c1-12-9-19-16(13(2)17(12)21-4)11-18-10-14-6-5-7-15(8-14)20-3/h5-9,18H,10-11H2,1-4H3. The van der Waals surface area contributed by atoms with Crippen molar-refractivity contribution in [3.05, 3.63) is 52.8 Å². The molecule has 0 aliphatic rings. The molecular weight excluding hydrogens is 264 g/mol. The molecule has 0 aliphatic heterocycles. The molecular formula is C17H22N2O2. The van der Waals surface area contributed by atoms with E-state index in [-0.39, 0.29) is 0 Å². The summed E-state index contributed by atoms with van der Waals surface area (Å²) < 4.78 is 10.7. The van der Waals surface area contributed by atoms with Crippen molar-refractivity contribution in [3.63, 3.8) is 0 Å². The second-order valence-corrected chi connectivity index (χ2v) is 5.00. The van der Waals surface area contributed by atoms with Gasteiger partial charge in [-0.05, 0) is 31.5 Å². The zero-order valence-electron chi connectivity index (χ0n) is 13.1. The fourth-order valence-electron chi connectivity index (χ4n) is 2.36. The van der Waals surface area contributed by atoms with E-state index >= 15 is 0 Å². The summed E-state index contributed by atoms with van der Waals surface area (Å²) in [7, 11) is 3.38. The maximum Gasteiger partial charge on any atom is 0.128 e. The number of rotatable bonds is 6. The Balaban J connectivity index is 2.00. The van der Waals surface area contributed by atoms with Gasteiger partial charge in [0.25, 0.3) is 0 Å². The minimum Gasteiger partial charge on any atom is -0.497 e. The van der Waals surface area contributed by atoms with Crippen LogP contribution in [0.2, 0.25) is 0 Å². The molecule has 0 aliphatic carbocycles. The molecule has 112 valence electrons. The second kappa shape index (κ2) is 7.09. The summed E-state index contributed by atoms with van der Waals surface area (Å²) in [6, 6.07) is 8.04. The Morgan fingerprint density at radius 3 is 2.62 bits per heavy atom. The summed E-state index contributed by atoms with van der Waals surface area (Å²) in [6.45, 7) is 5.53. The highest BCUT2D eigenvalue weighted by Crippen LogP contribution is 2.23. The Kier molecular flexibility index (Phi) is 5.17. The van der Waals surface area contributed by atoms with Crippen LogP contribution in [0.4, 0.5) is 0 Å². The van der Waals surface area contributed by atoms with Gasteiger partial charge in [-0.25, -0.2) is 0 Å². The summed E-state index contributed by atoms with van der Waals surface area (Å²) in [6.07, 6.45) is 1.86. The summed E-state index contributed by atoms with van der Waals surface area (Å²) in [5.74, 6) is 1.80. The molecule has 4 heteroatoms. The van der Waals surface area contributed by atoms with Gasteiger partial charge < -0.3 is 14.8 Å². The van der Waals surface area contributed by atoms with Gasteiger partial charge >= 0.3 is 0 Å². The zero-order chi connectivity index (χ0) is 15.2. The van der Waals surface area contributed by atoms with Crippen LogP contribution in [-0.2, 0) is 13.1 Å². The highest BCUT2D eigenvalue weighted by Gasteiger charge is 2.08. The molecule has 0 bridgehead atoms. The van der Waals surface area contributed by atoms with Crippen LogP contribution in [0, 0.1) is 13.8 Å². The molecule has 21 heavy (non-hydrogen) atoms. The van der Waals surface area contributed by atoms with Gasteiger partial charge in [0.15, 0.2) is 0 Å². The van der Waals surface area contributed by atoms with E-state index in [1.807, 2.05) is 38.2 Å². The van der Waals surface area contributed by atoms with Crippen molar-refractivity contribution in [2.24, 2.45) is 0 Å². The summed E-state index contributed by atoms with van der Waals surface area (Å²) in [5, 5.41) is 3.41. The Bertz CT molecular complexity index is 612. The number of aryl methyl sites for hydroxylation is 1. The SMILES string of the molecule is COc1cccc(CNCc2ncc(C)c(OC)c2C)c1. The van der Waals surface area contributed by atoms with Crippen LogP contribution >= 0.6 is 0 Å². The van der Waals surface area contributed by atoms with Crippen LogP contribution in [-0.4, -0.2) is 19.2 Å². The van der Waals surface area contributed by atoms with E-state index in [4.69, 9.17) is 9.47 Å². The lowest BCUT2D eigenvalue weighted by Gasteiger charge is -2.13. The molecule has 2 rings (SSSR count). The number of nitrogens with one attached hydrogen (secondary N) is 1. The molecule has 0 fully saturated rings. The Hall–Kier alpha value is -2.07. The van der Waals surface area contributed by atoms with Crippen LogP contribution in [0.1, 0.15) is 22.4 Å². The minimum absolute atomic E-state index is 0.708. The molecule has 1 aromatic heterocycles. The monoisotopic (exact) mass is 286 g/mol. The minimum atomic E-state index is 0.708. The zero-order valence-corrected chi connectivity index (χ0v) is 13.1. The Morgan fingerprint density at radius 2 is 1.90 bits per heavy atom. The van der Waals surface area contributed by atoms with Gasteiger partial charge in [0.1, 0.15) is 11.5 Å². The van der Waals surface area contributed by atoms with Gasteiger partial charge in [0, 0.05) is 30.4 Å². The smallest absolute Gasteiger partial charge is 0.128 e. The van der Waals surface area contributed by atoms with Gasteiger partial charge in [0.2, 0.25) is 0 Å². The number of benzene rings is 1. The van der Waals surface area contributed by atoms with Crippen molar-refractivity contribution in [2.45, 2.75) is 26.9 Å². The molecule has 2 aromatic rings. The Morgan fingerprint density at radius 1 is 1.10 bits per heavy atom. The number of aromatic nitrogens is 1. The predicted molar refractivity (Wildman–Crippen MR) is 83.8 cm³/mol. The largest absolute Gasteiger partial charge is 0.497 e. The molecule has 1 aromatic carbocycles. The van der Waals surface area contributed by atoms with E-state index in [1.54, 1.807) is 14.2 Å². The lowest BCUT2D eigenvalue weighted by Crippen LogP contribution is -2.15. The van der Waals surface area contributed by atoms with E-state index in [1.165, 1.54) is 5.56 Å². The first-order valence-corrected chi connectivity index (χ1v) is 6.98. The van der Waals surface area contributed by atoms with Crippen molar-refractivity contribution >= 4 is 0 Å². The molecule has 0 saturated heterocycles.